The summed E-state index contributed by atoms with van der Waals surface area (Å²) in [5, 5.41) is 18.3. The normalized spacial score (nSPS) is 18.2. The minimum absolute atomic E-state index is 0.0611. The summed E-state index contributed by atoms with van der Waals surface area (Å²) in [7, 11) is 3.61. The van der Waals surface area contributed by atoms with Gasteiger partial charge < -0.3 is 9.15 Å². The van der Waals surface area contributed by atoms with E-state index in [-0.39, 0.29) is 17.8 Å². The van der Waals surface area contributed by atoms with Crippen molar-refractivity contribution in [3.8, 4) is 28.6 Å². The highest BCUT2D eigenvalue weighted by Gasteiger charge is 2.30. The summed E-state index contributed by atoms with van der Waals surface area (Å²) in [5.74, 6) is 0. The zero-order valence-corrected chi connectivity index (χ0v) is 20.2. The Morgan fingerprint density at radius 1 is 1.11 bits per heavy atom. The molecule has 11 nitrogen and oxygen atoms in total. The van der Waals surface area contributed by atoms with Crippen molar-refractivity contribution in [2.75, 3.05) is 6.61 Å². The van der Waals surface area contributed by atoms with Crippen LogP contribution < -0.4 is 5.69 Å². The number of pyridine rings is 1. The number of rotatable bonds is 4. The first-order valence-electron chi connectivity index (χ1n) is 11.9. The minimum Gasteiger partial charge on any atom is -0.450 e. The van der Waals surface area contributed by atoms with Crippen LogP contribution in [0.2, 0.25) is 0 Å². The van der Waals surface area contributed by atoms with Crippen molar-refractivity contribution in [1.82, 2.24) is 34.1 Å². The van der Waals surface area contributed by atoms with Crippen molar-refractivity contribution in [1.29, 1.82) is 5.26 Å². The predicted octanol–water partition coefficient (Wildman–Crippen LogP) is 3.34. The Kier molecular flexibility index (Phi) is 5.19. The lowest BCUT2D eigenvalue weighted by Gasteiger charge is -2.30. The third-order valence-electron chi connectivity index (χ3n) is 6.75. The SMILES string of the molecule is CC[C@H]1C[C@@H](n2c(=O)nc(-c3cnn(C)c3)c3oc4cc(C#N)c(-c5cnn(C)c5)nc4c32)CCO1. The number of aromatic nitrogens is 7. The quantitative estimate of drug-likeness (QED) is 0.380. The van der Waals surface area contributed by atoms with Crippen molar-refractivity contribution in [2.24, 2.45) is 14.1 Å². The topological polar surface area (TPSA) is 130 Å². The summed E-state index contributed by atoms with van der Waals surface area (Å²) < 4.78 is 17.2. The number of nitrogens with zero attached hydrogens (tertiary/aromatic N) is 8. The molecule has 6 heterocycles. The van der Waals surface area contributed by atoms with Crippen LogP contribution >= 0.6 is 0 Å². The Morgan fingerprint density at radius 2 is 1.83 bits per heavy atom. The third kappa shape index (κ3) is 3.49. The highest BCUT2D eigenvalue weighted by atomic mass is 16.5. The number of nitriles is 1. The van der Waals surface area contributed by atoms with Crippen molar-refractivity contribution in [2.45, 2.75) is 38.3 Å². The lowest BCUT2D eigenvalue weighted by molar-refractivity contribution is -0.00710. The Morgan fingerprint density at radius 3 is 2.47 bits per heavy atom. The molecule has 0 aliphatic carbocycles. The maximum Gasteiger partial charge on any atom is 0.349 e. The van der Waals surface area contributed by atoms with Crippen molar-refractivity contribution in [3.05, 3.63) is 46.9 Å². The zero-order valence-electron chi connectivity index (χ0n) is 20.2. The molecule has 11 heteroatoms. The molecule has 1 fully saturated rings. The van der Waals surface area contributed by atoms with E-state index in [4.69, 9.17) is 14.1 Å². The van der Waals surface area contributed by atoms with Crippen molar-refractivity contribution >= 4 is 22.2 Å². The summed E-state index contributed by atoms with van der Waals surface area (Å²) in [4.78, 5) is 22.9. The monoisotopic (exact) mass is 484 g/mol. The van der Waals surface area contributed by atoms with Crippen LogP contribution in [0.3, 0.4) is 0 Å². The fourth-order valence-electron chi connectivity index (χ4n) is 4.99. The molecule has 0 spiro atoms. The lowest BCUT2D eigenvalue weighted by Crippen LogP contribution is -2.34. The zero-order chi connectivity index (χ0) is 25.0. The highest BCUT2D eigenvalue weighted by molar-refractivity contribution is 6.05. The molecule has 36 heavy (non-hydrogen) atoms. The second-order valence-corrected chi connectivity index (χ2v) is 9.12. The molecule has 6 rings (SSSR count). The van der Waals surface area contributed by atoms with Crippen LogP contribution in [0.25, 0.3) is 44.7 Å². The molecule has 1 aliphatic heterocycles. The van der Waals surface area contributed by atoms with Gasteiger partial charge >= 0.3 is 5.69 Å². The van der Waals surface area contributed by atoms with Crippen LogP contribution in [0.1, 0.15) is 37.8 Å². The van der Waals surface area contributed by atoms with Gasteiger partial charge in [0.25, 0.3) is 0 Å². The molecule has 0 unspecified atom stereocenters. The van der Waals surface area contributed by atoms with Crippen LogP contribution in [0.4, 0.5) is 0 Å². The van der Waals surface area contributed by atoms with E-state index in [1.54, 1.807) is 58.9 Å². The molecule has 0 bridgehead atoms. The van der Waals surface area contributed by atoms with E-state index in [0.717, 1.165) is 6.42 Å². The molecule has 1 saturated heterocycles. The van der Waals surface area contributed by atoms with Gasteiger partial charge in [0, 0.05) is 56.3 Å². The average Bonchev–Trinajstić information content (AvgIpc) is 3.61. The lowest BCUT2D eigenvalue weighted by atomic mass is 10.0. The van der Waals surface area contributed by atoms with Gasteiger partial charge in [0.1, 0.15) is 22.8 Å². The van der Waals surface area contributed by atoms with E-state index in [0.29, 0.717) is 69.7 Å². The average molecular weight is 485 g/mol. The number of hydrogen-bond donors (Lipinski definition) is 0. The van der Waals surface area contributed by atoms with Gasteiger partial charge in [-0.1, -0.05) is 6.92 Å². The first kappa shape index (κ1) is 22.2. The van der Waals surface area contributed by atoms with E-state index in [2.05, 4.69) is 28.2 Å². The van der Waals surface area contributed by atoms with Gasteiger partial charge in [0.15, 0.2) is 11.2 Å². The minimum atomic E-state index is -0.375. The summed E-state index contributed by atoms with van der Waals surface area (Å²) in [6.07, 6.45) is 9.19. The third-order valence-corrected chi connectivity index (χ3v) is 6.75. The molecule has 5 aromatic heterocycles. The number of aryl methyl sites for hydroxylation is 2. The molecule has 0 N–H and O–H groups in total. The molecular formula is C25H24N8O3. The molecule has 5 aromatic rings. The molecule has 182 valence electrons. The molecule has 1 aliphatic rings. The maximum absolute atomic E-state index is 13.6. The molecular weight excluding hydrogens is 460 g/mol. The second-order valence-electron chi connectivity index (χ2n) is 9.12. The van der Waals surface area contributed by atoms with Gasteiger partial charge in [-0.3, -0.25) is 13.9 Å². The second kappa shape index (κ2) is 8.42. The Balaban J connectivity index is 1.69. The molecule has 0 saturated carbocycles. The van der Waals surface area contributed by atoms with Gasteiger partial charge in [-0.2, -0.15) is 20.4 Å². The first-order chi connectivity index (χ1) is 17.5. The van der Waals surface area contributed by atoms with Gasteiger partial charge in [-0.05, 0) is 19.3 Å². The smallest absolute Gasteiger partial charge is 0.349 e. The summed E-state index contributed by atoms with van der Waals surface area (Å²) in [5.41, 5.74) is 4.17. The molecule has 0 amide bonds. The number of ether oxygens (including phenoxy) is 1. The largest absolute Gasteiger partial charge is 0.450 e. The standard InChI is InChI=1S/C25H24N8O3/c1-4-18-8-17(5-6-35-18)33-23-22-19(7-14(9-26)20(29-22)15-10-27-31(2)12-15)36-24(23)21(30-25(33)34)16-11-28-32(3)13-16/h7,10-13,17-18H,4-6,8H2,1-3H3/t17-,18-/m0/s1. The summed E-state index contributed by atoms with van der Waals surface area (Å²) in [6, 6.07) is 3.77. The fraction of sp³-hybridized carbons (Fsp3) is 0.360. The van der Waals surface area contributed by atoms with Crippen LogP contribution in [0, 0.1) is 11.3 Å². The number of furan rings is 1. The number of fused-ring (bicyclic) bond motifs is 3. The summed E-state index contributed by atoms with van der Waals surface area (Å²) >= 11 is 0. The predicted molar refractivity (Wildman–Crippen MR) is 131 cm³/mol. The van der Waals surface area contributed by atoms with E-state index >= 15 is 0 Å². The fourth-order valence-corrected chi connectivity index (χ4v) is 4.99. The Labute approximate surface area is 205 Å². The van der Waals surface area contributed by atoms with Crippen LogP contribution in [0.15, 0.2) is 40.1 Å². The molecule has 0 aromatic carbocycles. The number of hydrogen-bond acceptors (Lipinski definition) is 8. The first-order valence-corrected chi connectivity index (χ1v) is 11.9. The van der Waals surface area contributed by atoms with Crippen LogP contribution in [0.5, 0.6) is 0 Å². The van der Waals surface area contributed by atoms with Gasteiger partial charge in [0.2, 0.25) is 0 Å². The van der Waals surface area contributed by atoms with Crippen LogP contribution in [-0.4, -0.2) is 46.8 Å². The van der Waals surface area contributed by atoms with Crippen LogP contribution in [-0.2, 0) is 18.8 Å². The van der Waals surface area contributed by atoms with Gasteiger partial charge in [-0.15, -0.1) is 0 Å². The van der Waals surface area contributed by atoms with Crippen molar-refractivity contribution in [3.63, 3.8) is 0 Å². The molecule has 0 radical (unpaired) electrons. The van der Waals surface area contributed by atoms with Gasteiger partial charge in [-0.25, -0.2) is 9.78 Å². The Bertz CT molecular complexity index is 1720. The maximum atomic E-state index is 13.6. The summed E-state index contributed by atoms with van der Waals surface area (Å²) in [6.45, 7) is 2.64. The molecule has 2 atom stereocenters. The highest BCUT2D eigenvalue weighted by Crippen LogP contribution is 2.38. The van der Waals surface area contributed by atoms with E-state index < -0.39 is 0 Å². The van der Waals surface area contributed by atoms with Gasteiger partial charge in [0.05, 0.1) is 29.8 Å². The van der Waals surface area contributed by atoms with E-state index in [9.17, 15) is 10.1 Å². The van der Waals surface area contributed by atoms with E-state index in [1.807, 2.05) is 0 Å². The van der Waals surface area contributed by atoms with E-state index in [1.165, 1.54) is 0 Å². The Hall–Kier alpha value is -4.30. The van der Waals surface area contributed by atoms with Crippen molar-refractivity contribution < 1.29 is 9.15 Å².